The van der Waals surface area contributed by atoms with Crippen molar-refractivity contribution < 1.29 is 0 Å². The number of rotatable bonds is 1. The van der Waals surface area contributed by atoms with Crippen molar-refractivity contribution in [1.29, 1.82) is 0 Å². The number of benzene rings is 6. The summed E-state index contributed by atoms with van der Waals surface area (Å²) in [5, 5.41) is 8.77. The molecule has 4 heteroatoms. The van der Waals surface area contributed by atoms with Gasteiger partial charge in [0.2, 0.25) is 0 Å². The van der Waals surface area contributed by atoms with Crippen LogP contribution < -0.4 is 0 Å². The van der Waals surface area contributed by atoms with E-state index in [9.17, 15) is 0 Å². The summed E-state index contributed by atoms with van der Waals surface area (Å²) in [5.41, 5.74) is 7.95. The zero-order chi connectivity index (χ0) is 26.7. The summed E-state index contributed by atoms with van der Waals surface area (Å²) in [6.07, 6.45) is 0. The number of aromatic nitrogens is 3. The van der Waals surface area contributed by atoms with Crippen LogP contribution in [-0.4, -0.2) is 14.0 Å². The Kier molecular flexibility index (Phi) is 4.07. The fraction of sp³-hybridized carbons (Fsp3) is 0. The second-order valence-electron chi connectivity index (χ2n) is 10.8. The Morgan fingerprint density at radius 1 is 0.439 bits per heavy atom. The second-order valence-corrected chi connectivity index (χ2v) is 11.9. The molecule has 0 spiro atoms. The molecule has 41 heavy (non-hydrogen) atoms. The summed E-state index contributed by atoms with van der Waals surface area (Å²) in [6.45, 7) is 0. The summed E-state index contributed by atoms with van der Waals surface area (Å²) < 4.78 is 7.41. The minimum Gasteiger partial charge on any atom is -0.309 e. The fourth-order valence-corrected chi connectivity index (χ4v) is 8.02. The first-order valence-corrected chi connectivity index (χ1v) is 14.7. The van der Waals surface area contributed by atoms with Gasteiger partial charge in [-0.1, -0.05) is 66.7 Å². The van der Waals surface area contributed by atoms with Crippen LogP contribution in [-0.2, 0) is 0 Å². The van der Waals surface area contributed by atoms with Gasteiger partial charge in [0.15, 0.2) is 0 Å². The van der Waals surface area contributed by atoms with Crippen LogP contribution in [0.5, 0.6) is 0 Å². The lowest BCUT2D eigenvalue weighted by Crippen LogP contribution is -1.95. The van der Waals surface area contributed by atoms with Crippen LogP contribution in [0.1, 0.15) is 0 Å². The molecule has 0 amide bonds. The van der Waals surface area contributed by atoms with Crippen LogP contribution in [0.4, 0.5) is 0 Å². The standard InChI is InChI=1S/C37H21N3S/c1-2-10-22(11-3-1)39-31-15-7-4-12-23(31)26-18-29-25(19-33(26)39)27-21-36-28(24-13-5-9-17-35(24)41-36)20-34(27)40-32-16-8-6-14-30(32)38-37(29)40/h1-21H. The highest BCUT2D eigenvalue weighted by Crippen LogP contribution is 2.42. The lowest BCUT2D eigenvalue weighted by molar-refractivity contribution is 1.18. The lowest BCUT2D eigenvalue weighted by atomic mass is 10.0. The summed E-state index contributed by atoms with van der Waals surface area (Å²) in [7, 11) is 0. The normalized spacial score (nSPS) is 12.4. The third kappa shape index (κ3) is 2.79. The molecule has 0 aliphatic carbocycles. The second kappa shape index (κ2) is 7.72. The summed E-state index contributed by atoms with van der Waals surface area (Å²) in [6, 6.07) is 46.3. The molecule has 0 atom stereocenters. The van der Waals surface area contributed by atoms with E-state index in [4.69, 9.17) is 4.98 Å². The predicted molar refractivity (Wildman–Crippen MR) is 175 cm³/mol. The third-order valence-corrected chi connectivity index (χ3v) is 9.79. The van der Waals surface area contributed by atoms with E-state index in [1.807, 2.05) is 11.3 Å². The first-order valence-electron chi connectivity index (χ1n) is 13.9. The minimum atomic E-state index is 1.01. The van der Waals surface area contributed by atoms with Gasteiger partial charge in [-0.2, -0.15) is 0 Å². The number of hydrogen-bond donors (Lipinski definition) is 0. The number of pyridine rings is 1. The maximum atomic E-state index is 5.23. The quantitative estimate of drug-likeness (QED) is 0.190. The highest BCUT2D eigenvalue weighted by molar-refractivity contribution is 7.25. The van der Waals surface area contributed by atoms with Crippen molar-refractivity contribution >= 4 is 91.7 Å². The molecule has 3 nitrogen and oxygen atoms in total. The number of nitrogens with zero attached hydrogens (tertiary/aromatic N) is 3. The molecule has 6 aromatic carbocycles. The van der Waals surface area contributed by atoms with E-state index in [1.54, 1.807) is 0 Å². The highest BCUT2D eigenvalue weighted by Gasteiger charge is 2.19. The summed E-state index contributed by atoms with van der Waals surface area (Å²) >= 11 is 1.87. The topological polar surface area (TPSA) is 22.2 Å². The van der Waals surface area contributed by atoms with E-state index in [0.29, 0.717) is 0 Å². The Hall–Kier alpha value is -5.19. The molecule has 0 N–H and O–H groups in total. The largest absolute Gasteiger partial charge is 0.309 e. The molecule has 0 bridgehead atoms. The number of thiophene rings is 1. The molecule has 0 unspecified atom stereocenters. The average Bonchev–Trinajstić information content (AvgIpc) is 3.69. The maximum absolute atomic E-state index is 5.23. The van der Waals surface area contributed by atoms with Crippen molar-refractivity contribution in [2.24, 2.45) is 0 Å². The monoisotopic (exact) mass is 539 g/mol. The van der Waals surface area contributed by atoms with Gasteiger partial charge in [-0.15, -0.1) is 11.3 Å². The van der Waals surface area contributed by atoms with Crippen molar-refractivity contribution in [1.82, 2.24) is 14.0 Å². The van der Waals surface area contributed by atoms with Crippen molar-refractivity contribution in [3.8, 4) is 5.69 Å². The van der Waals surface area contributed by atoms with Gasteiger partial charge in [-0.05, 0) is 66.0 Å². The molecule has 10 aromatic rings. The van der Waals surface area contributed by atoms with Gasteiger partial charge in [0.25, 0.3) is 0 Å². The molecule has 190 valence electrons. The molecule has 0 fully saturated rings. The maximum Gasteiger partial charge on any atom is 0.146 e. The molecule has 4 heterocycles. The van der Waals surface area contributed by atoms with E-state index in [2.05, 4.69) is 136 Å². The van der Waals surface area contributed by atoms with Crippen LogP contribution in [0.2, 0.25) is 0 Å². The molecule has 0 radical (unpaired) electrons. The Balaban J connectivity index is 1.49. The van der Waals surface area contributed by atoms with Crippen molar-refractivity contribution in [2.75, 3.05) is 0 Å². The lowest BCUT2D eigenvalue weighted by Gasteiger charge is -2.12. The molecule has 0 saturated heterocycles. The number of hydrogen-bond acceptors (Lipinski definition) is 2. The zero-order valence-corrected chi connectivity index (χ0v) is 22.7. The fourth-order valence-electron chi connectivity index (χ4n) is 6.89. The van der Waals surface area contributed by atoms with Crippen LogP contribution in [0.3, 0.4) is 0 Å². The van der Waals surface area contributed by atoms with Crippen LogP contribution in [0, 0.1) is 0 Å². The minimum absolute atomic E-state index is 1.01. The van der Waals surface area contributed by atoms with Crippen LogP contribution in [0.25, 0.3) is 86.0 Å². The van der Waals surface area contributed by atoms with E-state index in [1.165, 1.54) is 69.3 Å². The van der Waals surface area contributed by atoms with Gasteiger partial charge in [-0.25, -0.2) is 4.98 Å². The number of fused-ring (bicyclic) bond motifs is 14. The van der Waals surface area contributed by atoms with Gasteiger partial charge in [0.05, 0.1) is 27.6 Å². The molecular weight excluding hydrogens is 518 g/mol. The van der Waals surface area contributed by atoms with Gasteiger partial charge in [0.1, 0.15) is 5.65 Å². The molecule has 10 rings (SSSR count). The smallest absolute Gasteiger partial charge is 0.146 e. The molecule has 0 aliphatic heterocycles. The summed E-state index contributed by atoms with van der Waals surface area (Å²) in [5.74, 6) is 0. The number of para-hydroxylation sites is 4. The molecule has 0 saturated carbocycles. The number of imidazole rings is 1. The Bertz CT molecular complexity index is 2690. The van der Waals surface area contributed by atoms with Crippen molar-refractivity contribution in [3.63, 3.8) is 0 Å². The van der Waals surface area contributed by atoms with Crippen molar-refractivity contribution in [2.45, 2.75) is 0 Å². The van der Waals surface area contributed by atoms with Crippen molar-refractivity contribution in [3.05, 3.63) is 127 Å². The zero-order valence-electron chi connectivity index (χ0n) is 21.9. The average molecular weight is 540 g/mol. The predicted octanol–water partition coefficient (Wildman–Crippen LogP) is 10.3. The Morgan fingerprint density at radius 2 is 1.15 bits per heavy atom. The van der Waals surface area contributed by atoms with Gasteiger partial charge < -0.3 is 4.57 Å². The van der Waals surface area contributed by atoms with E-state index in [0.717, 1.165) is 16.7 Å². The van der Waals surface area contributed by atoms with Gasteiger partial charge >= 0.3 is 0 Å². The Morgan fingerprint density at radius 3 is 2.05 bits per heavy atom. The first kappa shape index (κ1) is 21.6. The van der Waals surface area contributed by atoms with Gasteiger partial charge in [-0.3, -0.25) is 4.40 Å². The van der Waals surface area contributed by atoms with E-state index >= 15 is 0 Å². The third-order valence-electron chi connectivity index (χ3n) is 8.65. The highest BCUT2D eigenvalue weighted by atomic mass is 32.1. The first-order chi connectivity index (χ1) is 20.3. The summed E-state index contributed by atoms with van der Waals surface area (Å²) in [4.78, 5) is 5.23. The SMILES string of the molecule is c1ccc(-n2c3ccccc3c3cc4c(cc32)c2cc3sc5ccccc5c3cc2n2c3ccccc3nc42)cc1. The Labute approximate surface area is 238 Å². The van der Waals surface area contributed by atoms with Crippen LogP contribution >= 0.6 is 11.3 Å². The molecular formula is C37H21N3S. The van der Waals surface area contributed by atoms with Gasteiger partial charge in [0, 0.05) is 47.4 Å². The molecule has 0 aliphatic rings. The van der Waals surface area contributed by atoms with Crippen LogP contribution in [0.15, 0.2) is 127 Å². The molecule has 4 aromatic heterocycles. The van der Waals surface area contributed by atoms with E-state index in [-0.39, 0.29) is 0 Å². The van der Waals surface area contributed by atoms with E-state index < -0.39 is 0 Å².